The number of hydrogen-bond acceptors (Lipinski definition) is 8. The molecule has 2 heterocycles. The van der Waals surface area contributed by atoms with Gasteiger partial charge in [0.2, 0.25) is 5.91 Å². The minimum absolute atomic E-state index is 0.171. The topological polar surface area (TPSA) is 99.7 Å². The zero-order chi connectivity index (χ0) is 28.4. The summed E-state index contributed by atoms with van der Waals surface area (Å²) in [5.74, 6) is -0.139. The van der Waals surface area contributed by atoms with Crippen molar-refractivity contribution < 1.29 is 27.5 Å². The third-order valence-electron chi connectivity index (χ3n) is 5.17. The SMILES string of the molecule is CN(C)CCN(C)CC(=O)Nc1cc(CSc2ncccc2C(=O)Nc2ccc(OC(F)(F)F)cc2)ccn1. The number of pyridine rings is 2. The molecule has 9 nitrogen and oxygen atoms in total. The number of likely N-dealkylation sites (N-methyl/N-ethyl adjacent to an activating group) is 2. The van der Waals surface area contributed by atoms with E-state index in [9.17, 15) is 22.8 Å². The van der Waals surface area contributed by atoms with Gasteiger partial charge in [0.25, 0.3) is 5.91 Å². The second kappa shape index (κ2) is 13.9. The van der Waals surface area contributed by atoms with E-state index in [1.54, 1.807) is 36.7 Å². The zero-order valence-electron chi connectivity index (χ0n) is 21.7. The fourth-order valence-electron chi connectivity index (χ4n) is 3.28. The molecule has 208 valence electrons. The van der Waals surface area contributed by atoms with Gasteiger partial charge in [-0.3, -0.25) is 14.5 Å². The van der Waals surface area contributed by atoms with Crippen molar-refractivity contribution in [2.45, 2.75) is 17.1 Å². The van der Waals surface area contributed by atoms with Crippen LogP contribution in [0.4, 0.5) is 24.7 Å². The largest absolute Gasteiger partial charge is 0.573 e. The number of alkyl halides is 3. The van der Waals surface area contributed by atoms with E-state index in [1.165, 1.54) is 23.9 Å². The normalized spacial score (nSPS) is 11.5. The highest BCUT2D eigenvalue weighted by molar-refractivity contribution is 7.98. The van der Waals surface area contributed by atoms with Gasteiger partial charge in [0.15, 0.2) is 0 Å². The molecular weight excluding hydrogens is 533 g/mol. The smallest absolute Gasteiger partial charge is 0.406 e. The number of carbonyl (C=O) groups is 2. The number of halogens is 3. The molecule has 2 aromatic heterocycles. The summed E-state index contributed by atoms with van der Waals surface area (Å²) in [5, 5.41) is 5.93. The van der Waals surface area contributed by atoms with Gasteiger partial charge < -0.3 is 20.3 Å². The van der Waals surface area contributed by atoms with E-state index in [4.69, 9.17) is 0 Å². The van der Waals surface area contributed by atoms with Gasteiger partial charge in [0.05, 0.1) is 12.1 Å². The molecule has 39 heavy (non-hydrogen) atoms. The molecule has 3 rings (SSSR count). The Morgan fingerprint density at radius 1 is 0.974 bits per heavy atom. The number of nitrogens with zero attached hydrogens (tertiary/aromatic N) is 4. The highest BCUT2D eigenvalue weighted by atomic mass is 32.2. The molecule has 3 aromatic rings. The molecule has 0 unspecified atom stereocenters. The van der Waals surface area contributed by atoms with Crippen LogP contribution in [0.2, 0.25) is 0 Å². The average molecular weight is 563 g/mol. The lowest BCUT2D eigenvalue weighted by molar-refractivity contribution is -0.274. The molecular formula is C26H29F3N6O3S. The van der Waals surface area contributed by atoms with E-state index in [2.05, 4.69) is 25.3 Å². The van der Waals surface area contributed by atoms with Crippen molar-refractivity contribution in [2.24, 2.45) is 0 Å². The summed E-state index contributed by atoms with van der Waals surface area (Å²) in [7, 11) is 5.82. The van der Waals surface area contributed by atoms with Crippen molar-refractivity contribution >= 4 is 35.1 Å². The summed E-state index contributed by atoms with van der Waals surface area (Å²) < 4.78 is 40.9. The second-order valence-electron chi connectivity index (χ2n) is 8.81. The van der Waals surface area contributed by atoms with Gasteiger partial charge in [-0.1, -0.05) is 0 Å². The maximum absolute atomic E-state index is 12.9. The predicted molar refractivity (Wildman–Crippen MR) is 144 cm³/mol. The molecule has 0 saturated heterocycles. The minimum atomic E-state index is -4.80. The summed E-state index contributed by atoms with van der Waals surface area (Å²) in [4.78, 5) is 37.7. The molecule has 1 aromatic carbocycles. The molecule has 0 aliphatic rings. The van der Waals surface area contributed by atoms with E-state index in [0.717, 1.165) is 30.8 Å². The second-order valence-corrected chi connectivity index (χ2v) is 9.77. The summed E-state index contributed by atoms with van der Waals surface area (Å²) in [6.07, 6.45) is -1.64. The lowest BCUT2D eigenvalue weighted by Gasteiger charge is -2.18. The van der Waals surface area contributed by atoms with Crippen LogP contribution in [0.5, 0.6) is 5.75 Å². The van der Waals surface area contributed by atoms with Gasteiger partial charge in [0.1, 0.15) is 16.6 Å². The Morgan fingerprint density at radius 3 is 2.41 bits per heavy atom. The quantitative estimate of drug-likeness (QED) is 0.315. The number of nitrogens with one attached hydrogen (secondary N) is 2. The maximum atomic E-state index is 12.9. The summed E-state index contributed by atoms with van der Waals surface area (Å²) in [6, 6.07) is 11.7. The van der Waals surface area contributed by atoms with Crippen molar-refractivity contribution in [1.82, 2.24) is 19.8 Å². The van der Waals surface area contributed by atoms with Gasteiger partial charge in [-0.05, 0) is 75.2 Å². The first-order valence-corrected chi connectivity index (χ1v) is 12.8. The number of ether oxygens (including phenoxy) is 1. The Bertz CT molecular complexity index is 1260. The van der Waals surface area contributed by atoms with Crippen LogP contribution in [0.15, 0.2) is 66.0 Å². The lowest BCUT2D eigenvalue weighted by Crippen LogP contribution is -2.35. The molecule has 2 N–H and O–H groups in total. The van der Waals surface area contributed by atoms with Gasteiger partial charge >= 0.3 is 6.36 Å². The van der Waals surface area contributed by atoms with Gasteiger partial charge in [-0.15, -0.1) is 24.9 Å². The Labute approximate surface area is 228 Å². The monoisotopic (exact) mass is 562 g/mol. The van der Waals surface area contributed by atoms with Crippen LogP contribution in [0.1, 0.15) is 15.9 Å². The fraction of sp³-hybridized carbons (Fsp3) is 0.308. The third kappa shape index (κ3) is 10.5. The number of aromatic nitrogens is 2. The van der Waals surface area contributed by atoms with E-state index >= 15 is 0 Å². The van der Waals surface area contributed by atoms with Crippen molar-refractivity contribution in [1.29, 1.82) is 0 Å². The van der Waals surface area contributed by atoms with Gasteiger partial charge in [-0.2, -0.15) is 0 Å². The summed E-state index contributed by atoms with van der Waals surface area (Å²) in [6.45, 7) is 1.83. The van der Waals surface area contributed by atoms with Gasteiger partial charge in [-0.25, -0.2) is 9.97 Å². The van der Waals surface area contributed by atoms with Crippen molar-refractivity contribution in [3.63, 3.8) is 0 Å². The molecule has 0 saturated carbocycles. The number of carbonyl (C=O) groups excluding carboxylic acids is 2. The third-order valence-corrected chi connectivity index (χ3v) is 6.25. The fourth-order valence-corrected chi connectivity index (χ4v) is 4.21. The van der Waals surface area contributed by atoms with Crippen molar-refractivity contribution in [2.75, 3.05) is 51.4 Å². The Kier molecular flexibility index (Phi) is 10.7. The molecule has 0 spiro atoms. The van der Waals surface area contributed by atoms with Crippen LogP contribution in [0, 0.1) is 0 Å². The van der Waals surface area contributed by atoms with Crippen LogP contribution in [0.3, 0.4) is 0 Å². The predicted octanol–water partition coefficient (Wildman–Crippen LogP) is 4.35. The molecule has 0 aliphatic heterocycles. The number of benzene rings is 1. The van der Waals surface area contributed by atoms with Crippen LogP contribution >= 0.6 is 11.8 Å². The van der Waals surface area contributed by atoms with Crippen molar-refractivity contribution in [3.05, 3.63) is 72.1 Å². The Hall–Kier alpha value is -3.68. The Morgan fingerprint density at radius 2 is 1.72 bits per heavy atom. The molecule has 0 bridgehead atoms. The first-order valence-electron chi connectivity index (χ1n) is 11.8. The Balaban J connectivity index is 1.58. The van der Waals surface area contributed by atoms with E-state index in [-0.39, 0.29) is 18.2 Å². The van der Waals surface area contributed by atoms with E-state index in [0.29, 0.717) is 27.8 Å². The van der Waals surface area contributed by atoms with Crippen LogP contribution in [-0.2, 0) is 10.5 Å². The highest BCUT2D eigenvalue weighted by Gasteiger charge is 2.31. The molecule has 0 atom stereocenters. The van der Waals surface area contributed by atoms with Crippen molar-refractivity contribution in [3.8, 4) is 5.75 Å². The van der Waals surface area contributed by atoms with Crippen LogP contribution < -0.4 is 15.4 Å². The number of thioether (sulfide) groups is 1. The highest BCUT2D eigenvalue weighted by Crippen LogP contribution is 2.27. The zero-order valence-corrected chi connectivity index (χ0v) is 22.5. The first kappa shape index (κ1) is 29.9. The summed E-state index contributed by atoms with van der Waals surface area (Å²) in [5.41, 5.74) is 1.47. The number of amides is 2. The molecule has 0 aliphatic carbocycles. The average Bonchev–Trinajstić information content (AvgIpc) is 2.87. The van der Waals surface area contributed by atoms with Gasteiger partial charge in [0, 0.05) is 36.9 Å². The van der Waals surface area contributed by atoms with Crippen LogP contribution in [0.25, 0.3) is 0 Å². The van der Waals surface area contributed by atoms with Crippen LogP contribution in [-0.4, -0.2) is 78.7 Å². The number of anilines is 2. The first-order chi connectivity index (χ1) is 18.5. The molecule has 0 fully saturated rings. The molecule has 0 radical (unpaired) electrons. The minimum Gasteiger partial charge on any atom is -0.406 e. The molecule has 2 amide bonds. The van der Waals surface area contributed by atoms with E-state index in [1.807, 2.05) is 30.9 Å². The summed E-state index contributed by atoms with van der Waals surface area (Å²) >= 11 is 1.33. The maximum Gasteiger partial charge on any atom is 0.573 e. The molecule has 13 heteroatoms. The van der Waals surface area contributed by atoms with E-state index < -0.39 is 12.3 Å². The lowest BCUT2D eigenvalue weighted by atomic mass is 10.2. The standard InChI is InChI=1S/C26H29F3N6O3S/c1-34(2)13-14-35(3)16-23(36)33-22-15-18(10-12-30-22)17-39-25-21(5-4-11-31-25)24(37)32-19-6-8-20(9-7-19)38-26(27,28)29/h4-12,15H,13-14,16-17H2,1-3H3,(H,32,37)(H,30,33,36). The number of rotatable bonds is 12. The number of hydrogen-bond donors (Lipinski definition) is 2.